The molecule has 0 bridgehead atoms. The van der Waals surface area contributed by atoms with Gasteiger partial charge < -0.3 is 9.84 Å². The fourth-order valence-corrected chi connectivity index (χ4v) is 1.81. The average Bonchev–Trinajstić information content (AvgIpc) is 2.27. The molecule has 14 heavy (non-hydrogen) atoms. The van der Waals surface area contributed by atoms with E-state index < -0.39 is 0 Å². The molecule has 0 amide bonds. The van der Waals surface area contributed by atoms with Gasteiger partial charge in [0.1, 0.15) is 0 Å². The summed E-state index contributed by atoms with van der Waals surface area (Å²) in [5, 5.41) is 3.27. The molecule has 0 spiro atoms. The first kappa shape index (κ1) is 9.63. The lowest BCUT2D eigenvalue weighted by atomic mass is 9.99. The van der Waals surface area contributed by atoms with E-state index in [-0.39, 0.29) is 5.97 Å². The molecular formula is C10H12NO2P. The smallest absolute Gasteiger partial charge is 0.340 e. The molecule has 1 aliphatic rings. The van der Waals surface area contributed by atoms with E-state index in [9.17, 15) is 4.79 Å². The summed E-state index contributed by atoms with van der Waals surface area (Å²) in [7, 11) is 1.97. The Balaban J connectivity index is 2.33. The van der Waals surface area contributed by atoms with Gasteiger partial charge in [-0.1, -0.05) is 6.07 Å². The summed E-state index contributed by atoms with van der Waals surface area (Å²) < 4.78 is 4.58. The van der Waals surface area contributed by atoms with Crippen molar-refractivity contribution in [3.63, 3.8) is 0 Å². The van der Waals surface area contributed by atoms with Crippen molar-refractivity contribution in [2.24, 2.45) is 0 Å². The number of benzene rings is 1. The Hall–Kier alpha value is -0.920. The highest BCUT2D eigenvalue weighted by Crippen LogP contribution is 2.16. The van der Waals surface area contributed by atoms with Crippen LogP contribution in [0.15, 0.2) is 18.2 Å². The Morgan fingerprint density at radius 1 is 1.43 bits per heavy atom. The van der Waals surface area contributed by atoms with Crippen molar-refractivity contribution < 1.29 is 9.32 Å². The van der Waals surface area contributed by atoms with Crippen LogP contribution >= 0.6 is 9.47 Å². The maximum absolute atomic E-state index is 11.2. The molecule has 1 atom stereocenters. The van der Waals surface area contributed by atoms with E-state index in [2.05, 4.69) is 9.84 Å². The molecule has 0 saturated carbocycles. The summed E-state index contributed by atoms with van der Waals surface area (Å²) in [5.74, 6) is -0.302. The van der Waals surface area contributed by atoms with Crippen molar-refractivity contribution in [1.29, 1.82) is 0 Å². The molecule has 1 aromatic carbocycles. The fourth-order valence-electron chi connectivity index (χ4n) is 1.68. The van der Waals surface area contributed by atoms with Gasteiger partial charge in [-0.15, -0.1) is 0 Å². The molecule has 0 aliphatic carbocycles. The molecule has 74 valence electrons. The molecule has 0 saturated heterocycles. The number of rotatable bonds is 1. The topological polar surface area (TPSA) is 38.3 Å². The zero-order valence-electron chi connectivity index (χ0n) is 7.75. The highest BCUT2D eigenvalue weighted by Gasteiger charge is 2.12. The maximum atomic E-state index is 11.2. The summed E-state index contributed by atoms with van der Waals surface area (Å²) in [4.78, 5) is 11.2. The summed E-state index contributed by atoms with van der Waals surface area (Å²) in [6.07, 6.45) is 1.03. The Labute approximate surface area is 85.1 Å². The number of hydrogen-bond donors (Lipinski definition) is 1. The first-order valence-electron chi connectivity index (χ1n) is 4.55. The molecule has 2 rings (SSSR count). The SMILES string of the molecule is O=C(OP)c1ccc2c(c1)CNCC2. The van der Waals surface area contributed by atoms with Gasteiger partial charge in [-0.25, -0.2) is 4.79 Å². The number of carbonyl (C=O) groups excluding carboxylic acids is 1. The second-order valence-corrected chi connectivity index (χ2v) is 3.55. The predicted octanol–water partition coefficient (Wildman–Crippen LogP) is 1.28. The second-order valence-electron chi connectivity index (χ2n) is 3.32. The van der Waals surface area contributed by atoms with E-state index in [1.807, 2.05) is 27.7 Å². The second kappa shape index (κ2) is 4.07. The van der Waals surface area contributed by atoms with E-state index in [0.717, 1.165) is 19.5 Å². The van der Waals surface area contributed by atoms with Gasteiger partial charge in [0.25, 0.3) is 0 Å². The van der Waals surface area contributed by atoms with Crippen molar-refractivity contribution in [3.8, 4) is 0 Å². The van der Waals surface area contributed by atoms with Gasteiger partial charge in [0.15, 0.2) is 0 Å². The van der Waals surface area contributed by atoms with Crippen molar-refractivity contribution in [2.45, 2.75) is 13.0 Å². The van der Waals surface area contributed by atoms with Gasteiger partial charge in [0, 0.05) is 6.54 Å². The molecule has 3 nitrogen and oxygen atoms in total. The van der Waals surface area contributed by atoms with Crippen LogP contribution in [0.5, 0.6) is 0 Å². The molecule has 1 unspecified atom stereocenters. The van der Waals surface area contributed by atoms with Gasteiger partial charge in [-0.05, 0) is 36.2 Å². The maximum Gasteiger partial charge on any atom is 0.340 e. The molecule has 1 N–H and O–H groups in total. The van der Waals surface area contributed by atoms with Crippen LogP contribution < -0.4 is 5.32 Å². The fraction of sp³-hybridized carbons (Fsp3) is 0.300. The third-order valence-corrected chi connectivity index (χ3v) is 2.65. The summed E-state index contributed by atoms with van der Waals surface area (Å²) in [5.41, 5.74) is 3.13. The molecule has 0 radical (unpaired) electrons. The lowest BCUT2D eigenvalue weighted by Crippen LogP contribution is -2.23. The zero-order chi connectivity index (χ0) is 9.97. The Morgan fingerprint density at radius 3 is 3.07 bits per heavy atom. The monoisotopic (exact) mass is 209 g/mol. The Kier molecular flexibility index (Phi) is 2.80. The van der Waals surface area contributed by atoms with E-state index in [4.69, 9.17) is 0 Å². The molecule has 0 aromatic heterocycles. The Bertz CT molecular complexity index is 365. The molecule has 1 aromatic rings. The van der Waals surface area contributed by atoms with Crippen LogP contribution in [0.3, 0.4) is 0 Å². The van der Waals surface area contributed by atoms with Crippen molar-refractivity contribution >= 4 is 15.4 Å². The van der Waals surface area contributed by atoms with E-state index >= 15 is 0 Å². The summed E-state index contributed by atoms with van der Waals surface area (Å²) >= 11 is 0. The third-order valence-electron chi connectivity index (χ3n) is 2.44. The number of carbonyl (C=O) groups is 1. The normalized spacial score (nSPS) is 14.6. The van der Waals surface area contributed by atoms with Crippen LogP contribution in [-0.4, -0.2) is 12.5 Å². The molecule has 1 heterocycles. The van der Waals surface area contributed by atoms with Gasteiger partial charge in [-0.2, -0.15) is 0 Å². The van der Waals surface area contributed by atoms with Crippen LogP contribution in [0, 0.1) is 0 Å². The van der Waals surface area contributed by atoms with Crippen LogP contribution in [0.4, 0.5) is 0 Å². The minimum atomic E-state index is -0.302. The van der Waals surface area contributed by atoms with Crippen LogP contribution in [0.2, 0.25) is 0 Å². The Morgan fingerprint density at radius 2 is 2.29 bits per heavy atom. The number of nitrogens with one attached hydrogen (secondary N) is 1. The largest absolute Gasteiger partial charge is 0.448 e. The molecule has 1 aliphatic heterocycles. The van der Waals surface area contributed by atoms with Crippen molar-refractivity contribution in [3.05, 3.63) is 34.9 Å². The highest BCUT2D eigenvalue weighted by atomic mass is 31.0. The summed E-state index contributed by atoms with van der Waals surface area (Å²) in [6.45, 7) is 1.85. The van der Waals surface area contributed by atoms with Crippen LogP contribution in [0.1, 0.15) is 21.5 Å². The van der Waals surface area contributed by atoms with Gasteiger partial charge in [0.05, 0.1) is 15.0 Å². The lowest BCUT2D eigenvalue weighted by Gasteiger charge is -2.17. The van der Waals surface area contributed by atoms with Crippen LogP contribution in [-0.2, 0) is 17.5 Å². The molecular weight excluding hydrogens is 197 g/mol. The van der Waals surface area contributed by atoms with E-state index in [0.29, 0.717) is 5.56 Å². The van der Waals surface area contributed by atoms with Gasteiger partial charge >= 0.3 is 5.97 Å². The quantitative estimate of drug-likeness (QED) is 0.708. The third kappa shape index (κ3) is 1.79. The van der Waals surface area contributed by atoms with Gasteiger partial charge in [-0.3, -0.25) is 0 Å². The minimum absolute atomic E-state index is 0.302. The first-order valence-corrected chi connectivity index (χ1v) is 5.02. The molecule has 4 heteroatoms. The first-order chi connectivity index (χ1) is 6.81. The van der Waals surface area contributed by atoms with Crippen molar-refractivity contribution in [2.75, 3.05) is 6.54 Å². The van der Waals surface area contributed by atoms with E-state index in [1.54, 1.807) is 0 Å². The zero-order valence-corrected chi connectivity index (χ0v) is 8.90. The van der Waals surface area contributed by atoms with E-state index in [1.165, 1.54) is 11.1 Å². The highest BCUT2D eigenvalue weighted by molar-refractivity contribution is 7.10. The number of hydrogen-bond acceptors (Lipinski definition) is 3. The van der Waals surface area contributed by atoms with Gasteiger partial charge in [0.2, 0.25) is 0 Å². The van der Waals surface area contributed by atoms with Crippen LogP contribution in [0.25, 0.3) is 0 Å². The lowest BCUT2D eigenvalue weighted by molar-refractivity contribution is 0.0765. The van der Waals surface area contributed by atoms with Crippen molar-refractivity contribution in [1.82, 2.24) is 5.32 Å². The average molecular weight is 209 g/mol. The number of fused-ring (bicyclic) bond motifs is 1. The summed E-state index contributed by atoms with van der Waals surface area (Å²) in [6, 6.07) is 5.72. The molecule has 0 fully saturated rings. The predicted molar refractivity (Wildman–Crippen MR) is 57.0 cm³/mol. The minimum Gasteiger partial charge on any atom is -0.448 e. The standard InChI is InChI=1S/C10H12NO2P/c12-10(13-14)8-2-1-7-3-4-11-6-9(7)5-8/h1-2,5,11H,3-4,6,14H2.